The van der Waals surface area contributed by atoms with Gasteiger partial charge in [-0.3, -0.25) is 19.3 Å². The summed E-state index contributed by atoms with van der Waals surface area (Å²) in [5.41, 5.74) is -0.781. The molecule has 5 amide bonds. The number of amides is 5. The van der Waals surface area contributed by atoms with Crippen molar-refractivity contribution in [3.63, 3.8) is 0 Å². The molecule has 2 aromatic rings. The summed E-state index contributed by atoms with van der Waals surface area (Å²) in [5, 5.41) is 7.06. The molecule has 2 aliphatic rings. The molecule has 2 aromatic carbocycles. The Morgan fingerprint density at radius 2 is 1.84 bits per heavy atom. The number of ether oxygens (including phenoxy) is 1. The van der Waals surface area contributed by atoms with E-state index >= 15 is 0 Å². The molecule has 0 aromatic heterocycles. The molecule has 10 nitrogen and oxygen atoms in total. The molecule has 2 saturated heterocycles. The predicted octanol–water partition coefficient (Wildman–Crippen LogP) is 0.107. The largest absolute Gasteiger partial charge is 0.467 e. The van der Waals surface area contributed by atoms with Gasteiger partial charge in [0.05, 0.1) is 7.11 Å². The maximum Gasteiger partial charge on any atom is 0.330 e. The van der Waals surface area contributed by atoms with Gasteiger partial charge in [-0.05, 0) is 29.3 Å². The van der Waals surface area contributed by atoms with E-state index in [4.69, 9.17) is 4.74 Å². The zero-order chi connectivity index (χ0) is 23.0. The van der Waals surface area contributed by atoms with E-state index in [9.17, 15) is 24.0 Å². The Morgan fingerprint density at radius 3 is 2.56 bits per heavy atom. The van der Waals surface area contributed by atoms with Gasteiger partial charge in [-0.2, -0.15) is 0 Å². The summed E-state index contributed by atoms with van der Waals surface area (Å²) in [4.78, 5) is 64.4. The van der Waals surface area contributed by atoms with Gasteiger partial charge in [0, 0.05) is 6.54 Å². The SMILES string of the molecule is COC(=O)[C@@H]1CNC(=O)CN1C(=O)CN1C(=O)N[C@](C)(c2ccc3ccccc3c2)C1=O. The van der Waals surface area contributed by atoms with Crippen LogP contribution < -0.4 is 10.6 Å². The third-order valence-corrected chi connectivity index (χ3v) is 5.87. The minimum absolute atomic E-state index is 0.105. The highest BCUT2D eigenvalue weighted by Crippen LogP contribution is 2.31. The van der Waals surface area contributed by atoms with Gasteiger partial charge in [-0.15, -0.1) is 0 Å². The molecule has 0 radical (unpaired) electrons. The van der Waals surface area contributed by atoms with Crippen LogP contribution in [0.25, 0.3) is 10.8 Å². The van der Waals surface area contributed by atoms with Crippen molar-refractivity contribution in [3.8, 4) is 0 Å². The van der Waals surface area contributed by atoms with Crippen molar-refractivity contribution in [2.24, 2.45) is 0 Å². The van der Waals surface area contributed by atoms with E-state index in [2.05, 4.69) is 10.6 Å². The number of urea groups is 1. The summed E-state index contributed by atoms with van der Waals surface area (Å²) in [7, 11) is 1.17. The fourth-order valence-corrected chi connectivity index (χ4v) is 4.01. The maximum atomic E-state index is 13.2. The molecule has 0 aliphatic carbocycles. The lowest BCUT2D eigenvalue weighted by Gasteiger charge is -2.34. The lowest BCUT2D eigenvalue weighted by atomic mass is 9.90. The zero-order valence-electron chi connectivity index (χ0n) is 17.6. The molecule has 166 valence electrons. The number of carbonyl (C=O) groups is 5. The van der Waals surface area contributed by atoms with Crippen LogP contribution in [0.2, 0.25) is 0 Å². The second-order valence-electron chi connectivity index (χ2n) is 7.87. The van der Waals surface area contributed by atoms with Crippen LogP contribution in [-0.4, -0.2) is 72.3 Å². The molecule has 2 fully saturated rings. The molecule has 2 atom stereocenters. The number of benzene rings is 2. The highest BCUT2D eigenvalue weighted by atomic mass is 16.5. The van der Waals surface area contributed by atoms with Gasteiger partial charge >= 0.3 is 12.0 Å². The summed E-state index contributed by atoms with van der Waals surface area (Å²) in [5.74, 6) is -2.45. The van der Waals surface area contributed by atoms with Gasteiger partial charge < -0.3 is 20.3 Å². The van der Waals surface area contributed by atoms with Crippen molar-refractivity contribution >= 4 is 40.5 Å². The van der Waals surface area contributed by atoms with E-state index in [0.717, 1.165) is 20.6 Å². The number of imide groups is 1. The number of hydrogen-bond acceptors (Lipinski definition) is 6. The molecule has 0 bridgehead atoms. The normalized spacial score (nSPS) is 23.2. The van der Waals surface area contributed by atoms with E-state index < -0.39 is 47.8 Å². The number of hydrogen-bond donors (Lipinski definition) is 2. The minimum Gasteiger partial charge on any atom is -0.467 e. The van der Waals surface area contributed by atoms with Crippen LogP contribution in [-0.2, 0) is 29.5 Å². The minimum atomic E-state index is -1.36. The van der Waals surface area contributed by atoms with Crippen molar-refractivity contribution in [3.05, 3.63) is 48.0 Å². The molecule has 2 aliphatic heterocycles. The first-order valence-electron chi connectivity index (χ1n) is 10.0. The molecule has 2 N–H and O–H groups in total. The quantitative estimate of drug-likeness (QED) is 0.516. The lowest BCUT2D eigenvalue weighted by molar-refractivity contribution is -0.156. The Hall–Kier alpha value is -3.95. The van der Waals surface area contributed by atoms with E-state index in [-0.39, 0.29) is 13.1 Å². The molecule has 32 heavy (non-hydrogen) atoms. The van der Waals surface area contributed by atoms with Gasteiger partial charge in [0.25, 0.3) is 5.91 Å². The third-order valence-electron chi connectivity index (χ3n) is 5.87. The maximum absolute atomic E-state index is 13.2. The van der Waals surface area contributed by atoms with Crippen molar-refractivity contribution in [1.82, 2.24) is 20.4 Å². The van der Waals surface area contributed by atoms with Crippen LogP contribution >= 0.6 is 0 Å². The highest BCUT2D eigenvalue weighted by Gasteiger charge is 2.50. The van der Waals surface area contributed by atoms with Crippen LogP contribution in [0.3, 0.4) is 0 Å². The fraction of sp³-hybridized carbons (Fsp3) is 0.318. The molecule has 10 heteroatoms. The van der Waals surface area contributed by atoms with Gasteiger partial charge in [0.15, 0.2) is 0 Å². The molecule has 0 saturated carbocycles. The number of fused-ring (bicyclic) bond motifs is 1. The Balaban J connectivity index is 1.57. The van der Waals surface area contributed by atoms with E-state index in [1.54, 1.807) is 13.0 Å². The summed E-state index contributed by atoms with van der Waals surface area (Å²) in [6.07, 6.45) is 0. The van der Waals surface area contributed by atoms with Gasteiger partial charge in [0.2, 0.25) is 11.8 Å². The molecule has 2 heterocycles. The van der Waals surface area contributed by atoms with Crippen LogP contribution in [0.1, 0.15) is 12.5 Å². The Bertz CT molecular complexity index is 1150. The van der Waals surface area contributed by atoms with Crippen LogP contribution in [0.15, 0.2) is 42.5 Å². The average Bonchev–Trinajstić information content (AvgIpc) is 3.01. The van der Waals surface area contributed by atoms with Crippen molar-refractivity contribution in [2.45, 2.75) is 18.5 Å². The first-order chi connectivity index (χ1) is 15.2. The monoisotopic (exact) mass is 438 g/mol. The Kier molecular flexibility index (Phi) is 5.29. The highest BCUT2D eigenvalue weighted by molar-refractivity contribution is 6.09. The summed E-state index contributed by atoms with van der Waals surface area (Å²) in [6, 6.07) is 11.3. The van der Waals surface area contributed by atoms with Crippen LogP contribution in [0.5, 0.6) is 0 Å². The Morgan fingerprint density at radius 1 is 1.12 bits per heavy atom. The van der Waals surface area contributed by atoms with Crippen LogP contribution in [0.4, 0.5) is 4.79 Å². The fourth-order valence-electron chi connectivity index (χ4n) is 4.01. The second kappa shape index (κ2) is 7.95. The second-order valence-corrected chi connectivity index (χ2v) is 7.87. The lowest BCUT2D eigenvalue weighted by Crippen LogP contribution is -2.61. The van der Waals surface area contributed by atoms with E-state index in [1.165, 1.54) is 7.11 Å². The molecule has 0 spiro atoms. The summed E-state index contributed by atoms with van der Waals surface area (Å²) < 4.78 is 4.70. The van der Waals surface area contributed by atoms with E-state index in [1.807, 2.05) is 36.4 Å². The van der Waals surface area contributed by atoms with Crippen molar-refractivity contribution in [1.29, 1.82) is 0 Å². The number of nitrogens with zero attached hydrogens (tertiary/aromatic N) is 2. The number of esters is 1. The van der Waals surface area contributed by atoms with Crippen molar-refractivity contribution < 1.29 is 28.7 Å². The molecule has 4 rings (SSSR count). The standard InChI is InChI=1S/C22H22N4O6/c1-22(15-8-7-13-5-3-4-6-14(13)9-15)20(30)26(21(31)24-22)12-18(28)25-11-17(27)23-10-16(25)19(29)32-2/h3-9,16H,10-12H2,1-2H3,(H,23,27)(H,24,31)/t16-,22+/m0/s1. The van der Waals surface area contributed by atoms with Gasteiger partial charge in [-0.1, -0.05) is 36.4 Å². The summed E-state index contributed by atoms with van der Waals surface area (Å²) >= 11 is 0. The topological polar surface area (TPSA) is 125 Å². The number of nitrogens with one attached hydrogen (secondary N) is 2. The number of rotatable bonds is 4. The first-order valence-corrected chi connectivity index (χ1v) is 10.0. The predicted molar refractivity (Wildman–Crippen MR) is 112 cm³/mol. The molecule has 0 unspecified atom stereocenters. The first kappa shape index (κ1) is 21.3. The number of piperazine rings is 1. The Labute approximate surface area is 183 Å². The molecular formula is C22H22N4O6. The van der Waals surface area contributed by atoms with Crippen LogP contribution in [0, 0.1) is 0 Å². The number of methoxy groups -OCH3 is 1. The summed E-state index contributed by atoms with van der Waals surface area (Å²) in [6.45, 7) is 0.498. The smallest absolute Gasteiger partial charge is 0.330 e. The number of carbonyl (C=O) groups excluding carboxylic acids is 5. The average molecular weight is 438 g/mol. The van der Waals surface area contributed by atoms with Crippen molar-refractivity contribution in [2.75, 3.05) is 26.7 Å². The van der Waals surface area contributed by atoms with E-state index in [0.29, 0.717) is 5.56 Å². The van der Waals surface area contributed by atoms with Gasteiger partial charge in [0.1, 0.15) is 24.7 Å². The van der Waals surface area contributed by atoms with Gasteiger partial charge in [-0.25, -0.2) is 9.59 Å². The third kappa shape index (κ3) is 3.53. The molecular weight excluding hydrogens is 416 g/mol. The zero-order valence-corrected chi connectivity index (χ0v) is 17.6.